The minimum Gasteiger partial charge on any atom is -0.508 e. The number of phenolic OH excluding ortho intramolecular Hbond substituents is 1. The van der Waals surface area contributed by atoms with Crippen molar-refractivity contribution in [3.8, 4) is 5.75 Å². The first-order valence-electron chi connectivity index (χ1n) is 9.03. The zero-order valence-electron chi connectivity index (χ0n) is 14.4. The first-order valence-corrected chi connectivity index (χ1v) is 9.03. The summed E-state index contributed by atoms with van der Waals surface area (Å²) in [6, 6.07) is 19.0. The summed E-state index contributed by atoms with van der Waals surface area (Å²) in [5.41, 5.74) is 5.03. The average molecular weight is 330 g/mol. The quantitative estimate of drug-likeness (QED) is 0.726. The second-order valence-corrected chi connectivity index (χ2v) is 7.67. The molecule has 2 bridgehead atoms. The first-order chi connectivity index (χ1) is 12.1. The average Bonchev–Trinajstić information content (AvgIpc) is 2.63. The number of benzene rings is 2. The predicted octanol–water partition coefficient (Wildman–Crippen LogP) is 4.20. The number of phenols is 1. The Morgan fingerprint density at radius 3 is 2.88 bits per heavy atom. The minimum atomic E-state index is 0.0817. The van der Waals surface area contributed by atoms with Gasteiger partial charge in [-0.3, -0.25) is 9.88 Å². The van der Waals surface area contributed by atoms with Gasteiger partial charge in [0.2, 0.25) is 0 Å². The van der Waals surface area contributed by atoms with Gasteiger partial charge < -0.3 is 5.11 Å². The Morgan fingerprint density at radius 1 is 1.12 bits per heavy atom. The number of likely N-dealkylation sites (tertiary alicyclic amines) is 1. The van der Waals surface area contributed by atoms with Crippen molar-refractivity contribution in [1.29, 1.82) is 0 Å². The van der Waals surface area contributed by atoms with Crippen LogP contribution >= 0.6 is 0 Å². The van der Waals surface area contributed by atoms with Gasteiger partial charge >= 0.3 is 0 Å². The Labute approximate surface area is 147 Å². The van der Waals surface area contributed by atoms with Crippen LogP contribution in [0.3, 0.4) is 0 Å². The molecule has 2 heterocycles. The fourth-order valence-electron chi connectivity index (χ4n) is 4.81. The van der Waals surface area contributed by atoms with E-state index in [4.69, 9.17) is 4.98 Å². The first kappa shape index (κ1) is 14.9. The topological polar surface area (TPSA) is 36.4 Å². The lowest BCUT2D eigenvalue weighted by atomic mass is 9.63. The maximum absolute atomic E-state index is 10.0. The van der Waals surface area contributed by atoms with Gasteiger partial charge in [-0.2, -0.15) is 0 Å². The lowest BCUT2D eigenvalue weighted by molar-refractivity contribution is 0.102. The van der Waals surface area contributed by atoms with Crippen LogP contribution in [0, 0.1) is 0 Å². The van der Waals surface area contributed by atoms with Crippen LogP contribution in [0.1, 0.15) is 35.7 Å². The molecule has 1 N–H and O–H groups in total. The molecule has 0 unspecified atom stereocenters. The SMILES string of the molecule is CN1CC[C@@]2(c3cccc(O)c3)Cc3nc4ccccc4cc3[C@@H]1C2. The van der Waals surface area contributed by atoms with Crippen molar-refractivity contribution >= 4 is 10.9 Å². The number of rotatable bonds is 1. The molecule has 25 heavy (non-hydrogen) atoms. The Bertz CT molecular complexity index is 967. The number of piperidine rings is 1. The predicted molar refractivity (Wildman–Crippen MR) is 99.8 cm³/mol. The van der Waals surface area contributed by atoms with E-state index in [0.29, 0.717) is 11.8 Å². The highest BCUT2D eigenvalue weighted by Gasteiger charge is 2.45. The van der Waals surface area contributed by atoms with Crippen molar-refractivity contribution in [2.75, 3.05) is 13.6 Å². The maximum Gasteiger partial charge on any atom is 0.115 e. The van der Waals surface area contributed by atoms with E-state index in [2.05, 4.69) is 48.3 Å². The summed E-state index contributed by atoms with van der Waals surface area (Å²) < 4.78 is 0. The van der Waals surface area contributed by atoms with Gasteiger partial charge in [0, 0.05) is 22.5 Å². The zero-order valence-corrected chi connectivity index (χ0v) is 14.4. The van der Waals surface area contributed by atoms with Gasteiger partial charge in [-0.25, -0.2) is 0 Å². The molecule has 1 fully saturated rings. The van der Waals surface area contributed by atoms with Gasteiger partial charge in [-0.05, 0) is 68.2 Å². The van der Waals surface area contributed by atoms with E-state index in [1.807, 2.05) is 12.1 Å². The third-order valence-corrected chi connectivity index (χ3v) is 6.22. The van der Waals surface area contributed by atoms with E-state index in [0.717, 1.165) is 31.3 Å². The maximum atomic E-state index is 10.0. The Balaban J connectivity index is 1.70. The van der Waals surface area contributed by atoms with E-state index in [-0.39, 0.29) is 5.41 Å². The minimum absolute atomic E-state index is 0.0817. The second-order valence-electron chi connectivity index (χ2n) is 7.67. The fraction of sp³-hybridized carbons (Fsp3) is 0.318. The van der Waals surface area contributed by atoms with Crippen LogP contribution in [0.2, 0.25) is 0 Å². The second kappa shape index (κ2) is 5.30. The molecule has 126 valence electrons. The van der Waals surface area contributed by atoms with Crippen LogP contribution in [0.4, 0.5) is 0 Å². The number of pyridine rings is 1. The van der Waals surface area contributed by atoms with E-state index in [1.54, 1.807) is 6.07 Å². The van der Waals surface area contributed by atoms with E-state index in [1.165, 1.54) is 22.2 Å². The molecule has 0 radical (unpaired) electrons. The highest BCUT2D eigenvalue weighted by molar-refractivity contribution is 5.79. The summed E-state index contributed by atoms with van der Waals surface area (Å²) in [6.45, 7) is 1.08. The summed E-state index contributed by atoms with van der Waals surface area (Å²) in [5.74, 6) is 0.361. The molecule has 1 aromatic heterocycles. The number of hydrogen-bond donors (Lipinski definition) is 1. The molecule has 0 amide bonds. The van der Waals surface area contributed by atoms with Crippen molar-refractivity contribution in [3.63, 3.8) is 0 Å². The van der Waals surface area contributed by atoms with Gasteiger partial charge in [-0.15, -0.1) is 0 Å². The van der Waals surface area contributed by atoms with Gasteiger partial charge in [0.15, 0.2) is 0 Å². The molecule has 2 aromatic carbocycles. The molecule has 1 aliphatic carbocycles. The van der Waals surface area contributed by atoms with Crippen molar-refractivity contribution in [2.45, 2.75) is 30.7 Å². The van der Waals surface area contributed by atoms with E-state index >= 15 is 0 Å². The number of aromatic hydroxyl groups is 1. The van der Waals surface area contributed by atoms with Gasteiger partial charge in [0.25, 0.3) is 0 Å². The molecule has 2 aliphatic rings. The van der Waals surface area contributed by atoms with Crippen LogP contribution in [0.5, 0.6) is 5.75 Å². The van der Waals surface area contributed by atoms with Crippen LogP contribution in [-0.4, -0.2) is 28.6 Å². The number of nitrogens with zero attached hydrogens (tertiary/aromatic N) is 2. The molecule has 3 nitrogen and oxygen atoms in total. The molecule has 1 saturated heterocycles. The standard InChI is InChI=1S/C22H22N2O/c1-24-10-9-22(16-6-4-7-17(25)12-16)13-20-18(21(24)14-22)11-15-5-2-3-8-19(15)23-20/h2-8,11-12,21,25H,9-10,13-14H2,1H3/t21-,22+/m0/s1. The summed E-state index contributed by atoms with van der Waals surface area (Å²) in [7, 11) is 2.22. The number of aromatic nitrogens is 1. The number of para-hydroxylation sites is 1. The molecule has 0 saturated carbocycles. The van der Waals surface area contributed by atoms with Gasteiger partial charge in [0.05, 0.1) is 5.52 Å². The van der Waals surface area contributed by atoms with Crippen LogP contribution < -0.4 is 0 Å². The molecule has 5 rings (SSSR count). The molecular formula is C22H22N2O. The highest BCUT2D eigenvalue weighted by Crippen LogP contribution is 2.50. The summed E-state index contributed by atoms with van der Waals surface area (Å²) in [4.78, 5) is 7.50. The number of fused-ring (bicyclic) bond motifs is 5. The molecule has 3 heteroatoms. The third-order valence-electron chi connectivity index (χ3n) is 6.22. The third kappa shape index (κ3) is 2.26. The largest absolute Gasteiger partial charge is 0.508 e. The van der Waals surface area contributed by atoms with Crippen LogP contribution in [0.15, 0.2) is 54.6 Å². The summed E-state index contributed by atoms with van der Waals surface area (Å²) >= 11 is 0. The monoisotopic (exact) mass is 330 g/mol. The van der Waals surface area contributed by atoms with Crippen molar-refractivity contribution < 1.29 is 5.11 Å². The molecule has 3 aromatic rings. The fourth-order valence-corrected chi connectivity index (χ4v) is 4.81. The Morgan fingerprint density at radius 2 is 2.00 bits per heavy atom. The lowest BCUT2D eigenvalue weighted by Gasteiger charge is -2.50. The van der Waals surface area contributed by atoms with Gasteiger partial charge in [0.1, 0.15) is 5.75 Å². The van der Waals surface area contributed by atoms with Crippen molar-refractivity contribution in [1.82, 2.24) is 9.88 Å². The van der Waals surface area contributed by atoms with Gasteiger partial charge in [-0.1, -0.05) is 30.3 Å². The number of hydrogen-bond acceptors (Lipinski definition) is 3. The van der Waals surface area contributed by atoms with Crippen LogP contribution in [-0.2, 0) is 11.8 Å². The van der Waals surface area contributed by atoms with Crippen molar-refractivity contribution in [3.05, 3.63) is 71.4 Å². The summed E-state index contributed by atoms with van der Waals surface area (Å²) in [6.07, 6.45) is 3.17. The Hall–Kier alpha value is -2.39. The molecule has 1 aliphatic heterocycles. The summed E-state index contributed by atoms with van der Waals surface area (Å²) in [5, 5.41) is 11.2. The zero-order chi connectivity index (χ0) is 17.0. The normalized spacial score (nSPS) is 25.7. The van der Waals surface area contributed by atoms with Crippen LogP contribution in [0.25, 0.3) is 10.9 Å². The molecular weight excluding hydrogens is 308 g/mol. The smallest absolute Gasteiger partial charge is 0.115 e. The molecule has 2 atom stereocenters. The van der Waals surface area contributed by atoms with Crippen molar-refractivity contribution in [2.24, 2.45) is 0 Å². The highest BCUT2D eigenvalue weighted by atomic mass is 16.3. The Kier molecular flexibility index (Phi) is 3.16. The van der Waals surface area contributed by atoms with E-state index < -0.39 is 0 Å². The lowest BCUT2D eigenvalue weighted by Crippen LogP contribution is -2.47. The molecule has 0 spiro atoms. The van der Waals surface area contributed by atoms with E-state index in [9.17, 15) is 5.11 Å².